The fourth-order valence-corrected chi connectivity index (χ4v) is 2.24. The summed E-state index contributed by atoms with van der Waals surface area (Å²) in [7, 11) is 0. The molecule has 0 aliphatic rings. The van der Waals surface area contributed by atoms with Crippen molar-refractivity contribution in [3.63, 3.8) is 0 Å². The summed E-state index contributed by atoms with van der Waals surface area (Å²) >= 11 is 3.18. The van der Waals surface area contributed by atoms with Crippen molar-refractivity contribution in [3.05, 3.63) is 63.9 Å². The third-order valence-corrected chi connectivity index (χ3v) is 3.69. The molecule has 0 aromatic heterocycles. The van der Waals surface area contributed by atoms with Gasteiger partial charge in [0.1, 0.15) is 5.82 Å². The predicted molar refractivity (Wildman–Crippen MR) is 87.2 cm³/mol. The fraction of sp³-hybridized carbons (Fsp3) is 0.235. The normalized spacial score (nSPS) is 11.3. The number of halogens is 2. The summed E-state index contributed by atoms with van der Waals surface area (Å²) in [5.74, 6) is -0.791. The Kier molecular flexibility index (Phi) is 4.47. The Hall–Kier alpha value is -1.68. The summed E-state index contributed by atoms with van der Waals surface area (Å²) in [5.41, 5.74) is 1.86. The van der Waals surface area contributed by atoms with Gasteiger partial charge in [-0.1, -0.05) is 48.8 Å². The lowest BCUT2D eigenvalue weighted by molar-refractivity contribution is 0.102. The summed E-state index contributed by atoms with van der Waals surface area (Å²) in [5, 5.41) is 2.58. The maximum Gasteiger partial charge on any atom is 0.255 e. The van der Waals surface area contributed by atoms with E-state index >= 15 is 0 Å². The van der Waals surface area contributed by atoms with Crippen molar-refractivity contribution in [3.8, 4) is 0 Å². The average molecular weight is 350 g/mol. The molecule has 110 valence electrons. The Morgan fingerprint density at radius 2 is 1.71 bits per heavy atom. The lowest BCUT2D eigenvalue weighted by atomic mass is 9.87. The van der Waals surface area contributed by atoms with Crippen LogP contribution < -0.4 is 5.32 Å². The molecule has 0 radical (unpaired) electrons. The molecule has 0 saturated heterocycles. The van der Waals surface area contributed by atoms with Gasteiger partial charge >= 0.3 is 0 Å². The van der Waals surface area contributed by atoms with Crippen molar-refractivity contribution < 1.29 is 9.18 Å². The molecule has 1 N–H and O–H groups in total. The van der Waals surface area contributed by atoms with Gasteiger partial charge in [-0.2, -0.15) is 0 Å². The summed E-state index contributed by atoms with van der Waals surface area (Å²) in [6, 6.07) is 11.9. The minimum atomic E-state index is -0.468. The Morgan fingerprint density at radius 3 is 2.24 bits per heavy atom. The van der Waals surface area contributed by atoms with Crippen molar-refractivity contribution in [1.29, 1.82) is 0 Å². The topological polar surface area (TPSA) is 29.1 Å². The van der Waals surface area contributed by atoms with Crippen LogP contribution in [-0.4, -0.2) is 5.91 Å². The number of hydrogen-bond donors (Lipinski definition) is 1. The number of rotatable bonds is 2. The fourth-order valence-electron chi connectivity index (χ4n) is 1.91. The molecule has 0 spiro atoms. The zero-order valence-corrected chi connectivity index (χ0v) is 13.8. The maximum atomic E-state index is 13.7. The number of anilines is 1. The highest BCUT2D eigenvalue weighted by molar-refractivity contribution is 9.10. The highest BCUT2D eigenvalue weighted by Crippen LogP contribution is 2.23. The van der Waals surface area contributed by atoms with Crippen LogP contribution in [0.3, 0.4) is 0 Å². The van der Waals surface area contributed by atoms with Crippen molar-refractivity contribution in [2.45, 2.75) is 26.2 Å². The van der Waals surface area contributed by atoms with E-state index in [1.54, 1.807) is 18.2 Å². The molecular weight excluding hydrogens is 333 g/mol. The Morgan fingerprint density at radius 1 is 1.10 bits per heavy atom. The molecular formula is C17H17BrFNO. The quantitative estimate of drug-likeness (QED) is 0.799. The van der Waals surface area contributed by atoms with Gasteiger partial charge in [0.15, 0.2) is 0 Å². The van der Waals surface area contributed by atoms with Crippen LogP contribution in [0.1, 0.15) is 36.7 Å². The molecule has 0 heterocycles. The minimum Gasteiger partial charge on any atom is -0.319 e. The first-order valence-corrected chi connectivity index (χ1v) is 7.43. The van der Waals surface area contributed by atoms with E-state index in [4.69, 9.17) is 0 Å². The zero-order valence-electron chi connectivity index (χ0n) is 12.2. The summed E-state index contributed by atoms with van der Waals surface area (Å²) in [6.45, 7) is 6.33. The monoisotopic (exact) mass is 349 g/mol. The van der Waals surface area contributed by atoms with Gasteiger partial charge in [-0.05, 0) is 41.3 Å². The van der Waals surface area contributed by atoms with Gasteiger partial charge in [0, 0.05) is 10.0 Å². The van der Waals surface area contributed by atoms with Crippen LogP contribution in [0.15, 0.2) is 46.9 Å². The van der Waals surface area contributed by atoms with Crippen LogP contribution in [-0.2, 0) is 5.41 Å². The zero-order chi connectivity index (χ0) is 15.6. The lowest BCUT2D eigenvalue weighted by Gasteiger charge is -2.19. The van der Waals surface area contributed by atoms with Gasteiger partial charge in [0.25, 0.3) is 5.91 Å². The van der Waals surface area contributed by atoms with Crippen molar-refractivity contribution in [2.24, 2.45) is 0 Å². The second-order valence-corrected chi connectivity index (χ2v) is 6.82. The van der Waals surface area contributed by atoms with E-state index in [1.807, 2.05) is 12.1 Å². The molecule has 1 amide bonds. The van der Waals surface area contributed by atoms with Gasteiger partial charge < -0.3 is 5.32 Å². The van der Waals surface area contributed by atoms with E-state index in [2.05, 4.69) is 42.0 Å². The molecule has 0 atom stereocenters. The van der Waals surface area contributed by atoms with Gasteiger partial charge in [-0.25, -0.2) is 4.39 Å². The van der Waals surface area contributed by atoms with Crippen LogP contribution in [0.4, 0.5) is 10.1 Å². The number of nitrogens with one attached hydrogen (secondary N) is 1. The van der Waals surface area contributed by atoms with Crippen molar-refractivity contribution in [2.75, 3.05) is 5.32 Å². The summed E-state index contributed by atoms with van der Waals surface area (Å²) in [6.07, 6.45) is 0. The third-order valence-electron chi connectivity index (χ3n) is 3.19. The van der Waals surface area contributed by atoms with E-state index in [1.165, 1.54) is 12.1 Å². The highest BCUT2D eigenvalue weighted by atomic mass is 79.9. The smallest absolute Gasteiger partial charge is 0.255 e. The molecule has 0 saturated carbocycles. The molecule has 0 unspecified atom stereocenters. The van der Waals surface area contributed by atoms with Crippen molar-refractivity contribution >= 4 is 27.5 Å². The summed E-state index contributed by atoms with van der Waals surface area (Å²) in [4.78, 5) is 12.1. The first-order valence-electron chi connectivity index (χ1n) is 6.64. The second-order valence-electron chi connectivity index (χ2n) is 5.91. The Labute approximate surface area is 132 Å². The lowest BCUT2D eigenvalue weighted by Crippen LogP contribution is -2.15. The molecule has 0 aliphatic heterocycles. The van der Waals surface area contributed by atoms with E-state index in [0.717, 1.165) is 5.56 Å². The maximum absolute atomic E-state index is 13.7. The number of hydrogen-bond acceptors (Lipinski definition) is 1. The molecule has 4 heteroatoms. The highest BCUT2D eigenvalue weighted by Gasteiger charge is 2.15. The van der Waals surface area contributed by atoms with Crippen LogP contribution in [0.5, 0.6) is 0 Å². The Bertz CT molecular complexity index is 659. The van der Waals surface area contributed by atoms with Gasteiger partial charge in [0.2, 0.25) is 0 Å². The van der Waals surface area contributed by atoms with Crippen molar-refractivity contribution in [1.82, 2.24) is 0 Å². The van der Waals surface area contributed by atoms with E-state index in [0.29, 0.717) is 10.0 Å². The number of benzene rings is 2. The molecule has 0 fully saturated rings. The van der Waals surface area contributed by atoms with Gasteiger partial charge in [-0.15, -0.1) is 0 Å². The largest absolute Gasteiger partial charge is 0.319 e. The molecule has 2 rings (SSSR count). The molecule has 2 aromatic rings. The molecule has 2 aromatic carbocycles. The predicted octanol–water partition coefficient (Wildman–Crippen LogP) is 5.14. The average Bonchev–Trinajstić information content (AvgIpc) is 2.41. The SMILES string of the molecule is CC(C)(C)c1ccc(C(=O)Nc2ccc(Br)cc2F)cc1. The summed E-state index contributed by atoms with van der Waals surface area (Å²) < 4.78 is 14.3. The van der Waals surface area contributed by atoms with E-state index in [-0.39, 0.29) is 17.0 Å². The Balaban J connectivity index is 2.17. The van der Waals surface area contributed by atoms with E-state index in [9.17, 15) is 9.18 Å². The van der Waals surface area contributed by atoms with Gasteiger partial charge in [0.05, 0.1) is 5.69 Å². The molecule has 21 heavy (non-hydrogen) atoms. The molecule has 0 aliphatic carbocycles. The van der Waals surface area contributed by atoms with Crippen LogP contribution in [0, 0.1) is 5.82 Å². The standard InChI is InChI=1S/C17H17BrFNO/c1-17(2,3)12-6-4-11(5-7-12)16(21)20-15-9-8-13(18)10-14(15)19/h4-10H,1-3H3,(H,20,21). The number of carbonyl (C=O) groups is 1. The number of carbonyl (C=O) groups excluding carboxylic acids is 1. The number of amides is 1. The van der Waals surface area contributed by atoms with Gasteiger partial charge in [-0.3, -0.25) is 4.79 Å². The first kappa shape index (κ1) is 15.7. The van der Waals surface area contributed by atoms with Crippen LogP contribution in [0.2, 0.25) is 0 Å². The van der Waals surface area contributed by atoms with Crippen LogP contribution >= 0.6 is 15.9 Å². The molecule has 2 nitrogen and oxygen atoms in total. The second kappa shape index (κ2) is 5.98. The third kappa shape index (κ3) is 3.91. The minimum absolute atomic E-state index is 0.0345. The first-order chi connectivity index (χ1) is 9.77. The van der Waals surface area contributed by atoms with E-state index < -0.39 is 5.82 Å². The van der Waals surface area contributed by atoms with Crippen LogP contribution in [0.25, 0.3) is 0 Å². The molecule has 0 bridgehead atoms.